The first kappa shape index (κ1) is 11.9. The van der Waals surface area contributed by atoms with E-state index in [1.165, 1.54) is 6.20 Å². The molecule has 0 amide bonds. The van der Waals surface area contributed by atoms with Gasteiger partial charge in [0.25, 0.3) is 5.56 Å². The van der Waals surface area contributed by atoms with Crippen molar-refractivity contribution in [3.63, 3.8) is 0 Å². The maximum Gasteiger partial charge on any atom is 0.267 e. The van der Waals surface area contributed by atoms with Crippen molar-refractivity contribution < 1.29 is 0 Å². The Bertz CT molecular complexity index is 539. The summed E-state index contributed by atoms with van der Waals surface area (Å²) in [5, 5.41) is 3.24. The lowest BCUT2D eigenvalue weighted by atomic mass is 10.3. The average molecular weight is 294 g/mol. The molecule has 88 valence electrons. The number of nitrogens with one attached hydrogen (secondary N) is 1. The van der Waals surface area contributed by atoms with E-state index in [1.807, 2.05) is 30.3 Å². The Labute approximate surface area is 107 Å². The minimum atomic E-state index is -0.0603. The van der Waals surface area contributed by atoms with Crippen molar-refractivity contribution in [2.24, 2.45) is 0 Å². The summed E-state index contributed by atoms with van der Waals surface area (Å²) in [4.78, 5) is 15.6. The van der Waals surface area contributed by atoms with Crippen LogP contribution in [0.2, 0.25) is 0 Å². The van der Waals surface area contributed by atoms with E-state index in [0.29, 0.717) is 17.6 Å². The number of hydrogen-bond donors (Lipinski definition) is 1. The number of nitrogens with zero attached hydrogens (tertiary/aromatic N) is 2. The summed E-state index contributed by atoms with van der Waals surface area (Å²) in [6.45, 7) is 1.27. The van der Waals surface area contributed by atoms with Crippen LogP contribution < -0.4 is 10.9 Å². The zero-order valence-corrected chi connectivity index (χ0v) is 10.7. The molecule has 0 unspecified atom stereocenters. The normalized spacial score (nSPS) is 10.2. The second kappa shape index (κ2) is 5.63. The fourth-order valence-corrected chi connectivity index (χ4v) is 1.81. The van der Waals surface area contributed by atoms with Crippen LogP contribution in [0.1, 0.15) is 0 Å². The van der Waals surface area contributed by atoms with Crippen molar-refractivity contribution in [1.82, 2.24) is 9.55 Å². The second-order valence-corrected chi connectivity index (χ2v) is 4.39. The maximum absolute atomic E-state index is 11.7. The molecule has 1 N–H and O–H groups in total. The van der Waals surface area contributed by atoms with Crippen LogP contribution in [-0.2, 0) is 6.54 Å². The predicted molar refractivity (Wildman–Crippen MR) is 71.1 cm³/mol. The van der Waals surface area contributed by atoms with Gasteiger partial charge in [0.15, 0.2) is 0 Å². The lowest BCUT2D eigenvalue weighted by Gasteiger charge is -2.07. The molecule has 17 heavy (non-hydrogen) atoms. The number of anilines is 1. The van der Waals surface area contributed by atoms with Gasteiger partial charge in [-0.25, -0.2) is 4.98 Å². The number of halogens is 1. The highest BCUT2D eigenvalue weighted by atomic mass is 79.9. The van der Waals surface area contributed by atoms with E-state index in [-0.39, 0.29) is 5.56 Å². The topological polar surface area (TPSA) is 46.9 Å². The van der Waals surface area contributed by atoms with Gasteiger partial charge in [0, 0.05) is 25.0 Å². The molecule has 0 aliphatic carbocycles. The Balaban J connectivity index is 1.95. The van der Waals surface area contributed by atoms with Gasteiger partial charge in [-0.2, -0.15) is 0 Å². The lowest BCUT2D eigenvalue weighted by Crippen LogP contribution is -2.24. The van der Waals surface area contributed by atoms with E-state index in [9.17, 15) is 4.79 Å². The first-order chi connectivity index (χ1) is 8.27. The first-order valence-electron chi connectivity index (χ1n) is 5.26. The number of rotatable bonds is 4. The van der Waals surface area contributed by atoms with E-state index < -0.39 is 0 Å². The number of hydrogen-bond acceptors (Lipinski definition) is 3. The van der Waals surface area contributed by atoms with Crippen LogP contribution in [0.3, 0.4) is 0 Å². The number of benzene rings is 1. The van der Waals surface area contributed by atoms with E-state index in [0.717, 1.165) is 5.69 Å². The van der Waals surface area contributed by atoms with Crippen LogP contribution in [0, 0.1) is 0 Å². The Morgan fingerprint density at radius 3 is 2.82 bits per heavy atom. The Morgan fingerprint density at radius 2 is 2.06 bits per heavy atom. The molecule has 0 atom stereocenters. The van der Waals surface area contributed by atoms with E-state index in [4.69, 9.17) is 0 Å². The van der Waals surface area contributed by atoms with Crippen molar-refractivity contribution in [3.8, 4) is 0 Å². The van der Waals surface area contributed by atoms with Crippen molar-refractivity contribution in [2.75, 3.05) is 11.9 Å². The molecule has 1 aromatic heterocycles. The molecular formula is C12H12BrN3O. The highest BCUT2D eigenvalue weighted by Gasteiger charge is 1.99. The largest absolute Gasteiger partial charge is 0.383 e. The fraction of sp³-hybridized carbons (Fsp3) is 0.167. The van der Waals surface area contributed by atoms with E-state index >= 15 is 0 Å². The standard InChI is InChI=1S/C12H12BrN3O/c13-11-8-14-9-16(12(11)17)7-6-15-10-4-2-1-3-5-10/h1-5,8-9,15H,6-7H2. The van der Waals surface area contributed by atoms with Crippen molar-refractivity contribution in [2.45, 2.75) is 6.54 Å². The molecule has 0 bridgehead atoms. The third kappa shape index (κ3) is 3.17. The minimum Gasteiger partial charge on any atom is -0.383 e. The molecule has 0 saturated heterocycles. The van der Waals surface area contributed by atoms with Crippen molar-refractivity contribution in [3.05, 3.63) is 57.7 Å². The van der Waals surface area contributed by atoms with Crippen LogP contribution in [0.25, 0.3) is 0 Å². The number of aromatic nitrogens is 2. The van der Waals surface area contributed by atoms with Crippen LogP contribution in [0.15, 0.2) is 52.1 Å². The van der Waals surface area contributed by atoms with Gasteiger partial charge >= 0.3 is 0 Å². The van der Waals surface area contributed by atoms with Gasteiger partial charge in [0.2, 0.25) is 0 Å². The highest BCUT2D eigenvalue weighted by Crippen LogP contribution is 2.04. The van der Waals surface area contributed by atoms with Gasteiger partial charge in [-0.15, -0.1) is 0 Å². The summed E-state index contributed by atoms with van der Waals surface area (Å²) in [6, 6.07) is 9.88. The van der Waals surface area contributed by atoms with E-state index in [2.05, 4.69) is 26.2 Å². The molecular weight excluding hydrogens is 282 g/mol. The fourth-order valence-electron chi connectivity index (χ4n) is 1.46. The third-order valence-electron chi connectivity index (χ3n) is 2.31. The first-order valence-corrected chi connectivity index (χ1v) is 6.05. The third-order valence-corrected chi connectivity index (χ3v) is 2.86. The molecule has 5 heteroatoms. The van der Waals surface area contributed by atoms with Gasteiger partial charge < -0.3 is 5.32 Å². The molecule has 0 aliphatic rings. The minimum absolute atomic E-state index is 0.0603. The van der Waals surface area contributed by atoms with Crippen molar-refractivity contribution >= 4 is 21.6 Å². The van der Waals surface area contributed by atoms with Crippen LogP contribution in [0.5, 0.6) is 0 Å². The molecule has 0 spiro atoms. The zero-order chi connectivity index (χ0) is 12.1. The van der Waals surface area contributed by atoms with Crippen LogP contribution in [-0.4, -0.2) is 16.1 Å². The molecule has 0 aliphatic heterocycles. The molecule has 1 aromatic carbocycles. The summed E-state index contributed by atoms with van der Waals surface area (Å²) >= 11 is 3.17. The summed E-state index contributed by atoms with van der Waals surface area (Å²) in [5.74, 6) is 0. The van der Waals surface area contributed by atoms with Gasteiger partial charge in [-0.05, 0) is 28.1 Å². The molecule has 4 nitrogen and oxygen atoms in total. The Kier molecular flexibility index (Phi) is 3.93. The quantitative estimate of drug-likeness (QED) is 0.939. The molecule has 0 radical (unpaired) electrons. The SMILES string of the molecule is O=c1c(Br)cncn1CCNc1ccccc1. The predicted octanol–water partition coefficient (Wildman–Crippen LogP) is 2.12. The zero-order valence-electron chi connectivity index (χ0n) is 9.14. The summed E-state index contributed by atoms with van der Waals surface area (Å²) in [7, 11) is 0. The number of para-hydroxylation sites is 1. The smallest absolute Gasteiger partial charge is 0.267 e. The molecule has 0 saturated carbocycles. The highest BCUT2D eigenvalue weighted by molar-refractivity contribution is 9.10. The molecule has 0 fully saturated rings. The molecule has 2 aromatic rings. The van der Waals surface area contributed by atoms with Gasteiger partial charge in [0.05, 0.1) is 6.33 Å². The monoisotopic (exact) mass is 293 g/mol. The van der Waals surface area contributed by atoms with E-state index in [1.54, 1.807) is 10.9 Å². The average Bonchev–Trinajstić information content (AvgIpc) is 2.36. The lowest BCUT2D eigenvalue weighted by molar-refractivity contribution is 0.676. The van der Waals surface area contributed by atoms with Gasteiger partial charge in [-0.1, -0.05) is 18.2 Å². The Morgan fingerprint density at radius 1 is 1.29 bits per heavy atom. The van der Waals surface area contributed by atoms with Gasteiger partial charge in [-0.3, -0.25) is 9.36 Å². The molecule has 2 rings (SSSR count). The summed E-state index contributed by atoms with van der Waals surface area (Å²) < 4.78 is 2.06. The van der Waals surface area contributed by atoms with Crippen LogP contribution >= 0.6 is 15.9 Å². The maximum atomic E-state index is 11.7. The Hall–Kier alpha value is -1.62. The summed E-state index contributed by atoms with van der Waals surface area (Å²) in [6.07, 6.45) is 3.04. The van der Waals surface area contributed by atoms with Gasteiger partial charge in [0.1, 0.15) is 4.47 Å². The van der Waals surface area contributed by atoms with Crippen LogP contribution in [0.4, 0.5) is 5.69 Å². The van der Waals surface area contributed by atoms with Crippen molar-refractivity contribution in [1.29, 1.82) is 0 Å². The summed E-state index contributed by atoms with van der Waals surface area (Å²) in [5.41, 5.74) is 0.985. The molecule has 1 heterocycles. The second-order valence-electron chi connectivity index (χ2n) is 3.53.